The normalized spacial score (nSPS) is 10.4. The second-order valence-electron chi connectivity index (χ2n) is 9.10. The zero-order chi connectivity index (χ0) is 29.2. The van der Waals surface area contributed by atoms with Crippen LogP contribution in [0.5, 0.6) is 17.2 Å². The molecule has 0 fully saturated rings. The summed E-state index contributed by atoms with van der Waals surface area (Å²) in [5.41, 5.74) is 3.30. The fourth-order valence-corrected chi connectivity index (χ4v) is 4.09. The first kappa shape index (κ1) is 28.9. The molecule has 4 aromatic carbocycles. The molecule has 4 aromatic rings. The number of hydrogen-bond acceptors (Lipinski definition) is 8. The Kier molecular flexibility index (Phi) is 9.72. The van der Waals surface area contributed by atoms with Gasteiger partial charge in [0.1, 0.15) is 30.5 Å². The van der Waals surface area contributed by atoms with E-state index in [-0.39, 0.29) is 25.4 Å². The summed E-state index contributed by atoms with van der Waals surface area (Å²) < 4.78 is 26.5. The van der Waals surface area contributed by atoms with Crippen molar-refractivity contribution in [1.82, 2.24) is 0 Å². The van der Waals surface area contributed by atoms with Gasteiger partial charge in [0.25, 0.3) is 0 Å². The molecule has 0 aliphatic heterocycles. The van der Waals surface area contributed by atoms with Crippen LogP contribution in [0, 0.1) is 0 Å². The Hall–Kier alpha value is -5.11. The highest BCUT2D eigenvalue weighted by molar-refractivity contribution is 5.97. The zero-order valence-corrected chi connectivity index (χ0v) is 23.0. The molecule has 0 spiro atoms. The van der Waals surface area contributed by atoms with Crippen molar-refractivity contribution < 1.29 is 38.1 Å². The van der Waals surface area contributed by atoms with Gasteiger partial charge in [-0.15, -0.1) is 0 Å². The predicted octanol–water partition coefficient (Wildman–Crippen LogP) is 5.85. The third-order valence-electron chi connectivity index (χ3n) is 6.28. The third kappa shape index (κ3) is 7.95. The summed E-state index contributed by atoms with van der Waals surface area (Å²) in [4.78, 5) is 38.2. The van der Waals surface area contributed by atoms with E-state index < -0.39 is 11.9 Å². The Morgan fingerprint density at radius 2 is 0.829 bits per heavy atom. The molecule has 0 atom stereocenters. The number of Topliss-reactive ketones (excluding diaryl/α,β-unsaturated/α-hetero) is 1. The number of esters is 2. The van der Waals surface area contributed by atoms with Crippen LogP contribution >= 0.6 is 0 Å². The SMILES string of the molecule is COc1ccc(C(=O)Cc2cc(COC(=O)c3ccc(OC)cc3)cc(COC(=O)c3ccc(OC)cc3)c2)cc1. The van der Waals surface area contributed by atoms with Gasteiger partial charge in [-0.2, -0.15) is 0 Å². The summed E-state index contributed by atoms with van der Waals surface area (Å²) >= 11 is 0. The minimum atomic E-state index is -0.500. The first-order valence-corrected chi connectivity index (χ1v) is 12.8. The van der Waals surface area contributed by atoms with Gasteiger partial charge >= 0.3 is 11.9 Å². The molecule has 4 rings (SSSR count). The second-order valence-corrected chi connectivity index (χ2v) is 9.10. The summed E-state index contributed by atoms with van der Waals surface area (Å²) in [5.74, 6) is 0.818. The van der Waals surface area contributed by atoms with Crippen molar-refractivity contribution in [1.29, 1.82) is 0 Å². The smallest absolute Gasteiger partial charge is 0.338 e. The number of ketones is 1. The lowest BCUT2D eigenvalue weighted by atomic mass is 9.99. The lowest BCUT2D eigenvalue weighted by Crippen LogP contribution is -2.09. The number of methoxy groups -OCH3 is 3. The van der Waals surface area contributed by atoms with Crippen LogP contribution in [0.15, 0.2) is 91.0 Å². The van der Waals surface area contributed by atoms with E-state index in [1.807, 2.05) is 0 Å². The van der Waals surface area contributed by atoms with Gasteiger partial charge in [0.15, 0.2) is 5.78 Å². The molecule has 8 heteroatoms. The van der Waals surface area contributed by atoms with E-state index in [2.05, 4.69) is 0 Å². The van der Waals surface area contributed by atoms with E-state index in [1.165, 1.54) is 0 Å². The average molecular weight is 555 g/mol. The molecule has 0 aliphatic rings. The van der Waals surface area contributed by atoms with Crippen LogP contribution < -0.4 is 14.2 Å². The predicted molar refractivity (Wildman–Crippen MR) is 152 cm³/mol. The summed E-state index contributed by atoms with van der Waals surface area (Å²) in [5, 5.41) is 0. The van der Waals surface area contributed by atoms with Crippen LogP contribution in [-0.4, -0.2) is 39.1 Å². The topological polar surface area (TPSA) is 97.4 Å². The quantitative estimate of drug-likeness (QED) is 0.159. The molecule has 0 N–H and O–H groups in total. The number of rotatable bonds is 12. The van der Waals surface area contributed by atoms with Gasteiger partial charge < -0.3 is 23.7 Å². The van der Waals surface area contributed by atoms with Gasteiger partial charge in [-0.05, 0) is 95.6 Å². The highest BCUT2D eigenvalue weighted by Crippen LogP contribution is 2.19. The number of benzene rings is 4. The van der Waals surface area contributed by atoms with E-state index in [9.17, 15) is 14.4 Å². The molecule has 0 radical (unpaired) electrons. The van der Waals surface area contributed by atoms with Crippen molar-refractivity contribution in [2.24, 2.45) is 0 Å². The van der Waals surface area contributed by atoms with E-state index in [4.69, 9.17) is 23.7 Å². The highest BCUT2D eigenvalue weighted by Gasteiger charge is 2.14. The molecular weight excluding hydrogens is 524 g/mol. The molecular formula is C33H30O8. The second kappa shape index (κ2) is 13.8. The van der Waals surface area contributed by atoms with Crippen LogP contribution in [0.2, 0.25) is 0 Å². The number of carbonyl (C=O) groups excluding carboxylic acids is 3. The number of hydrogen-bond donors (Lipinski definition) is 0. The third-order valence-corrected chi connectivity index (χ3v) is 6.28. The maximum atomic E-state index is 13.0. The monoisotopic (exact) mass is 554 g/mol. The first-order valence-electron chi connectivity index (χ1n) is 12.8. The van der Waals surface area contributed by atoms with Crippen LogP contribution in [0.25, 0.3) is 0 Å². The van der Waals surface area contributed by atoms with Gasteiger partial charge in [-0.3, -0.25) is 4.79 Å². The van der Waals surface area contributed by atoms with Crippen molar-refractivity contribution in [3.8, 4) is 17.2 Å². The van der Waals surface area contributed by atoms with Crippen LogP contribution in [0.1, 0.15) is 47.8 Å². The molecule has 0 bridgehead atoms. The maximum absolute atomic E-state index is 13.0. The van der Waals surface area contributed by atoms with Gasteiger partial charge in [0, 0.05) is 12.0 Å². The Morgan fingerprint density at radius 1 is 0.488 bits per heavy atom. The summed E-state index contributed by atoms with van der Waals surface area (Å²) in [6.45, 7) is -0.0658. The first-order chi connectivity index (χ1) is 19.9. The summed E-state index contributed by atoms with van der Waals surface area (Å²) in [6, 6.07) is 25.5. The zero-order valence-electron chi connectivity index (χ0n) is 23.0. The van der Waals surface area contributed by atoms with E-state index in [1.54, 1.807) is 112 Å². The van der Waals surface area contributed by atoms with Gasteiger partial charge in [0.2, 0.25) is 0 Å². The van der Waals surface area contributed by atoms with Crippen LogP contribution in [0.3, 0.4) is 0 Å². The molecule has 41 heavy (non-hydrogen) atoms. The van der Waals surface area contributed by atoms with E-state index >= 15 is 0 Å². The molecule has 0 saturated heterocycles. The molecule has 0 aliphatic carbocycles. The fourth-order valence-electron chi connectivity index (χ4n) is 4.09. The summed E-state index contributed by atoms with van der Waals surface area (Å²) in [7, 11) is 4.66. The maximum Gasteiger partial charge on any atom is 0.338 e. The number of carbonyl (C=O) groups is 3. The van der Waals surface area contributed by atoms with Crippen LogP contribution in [-0.2, 0) is 29.1 Å². The fraction of sp³-hybridized carbons (Fsp3) is 0.182. The molecule has 8 nitrogen and oxygen atoms in total. The van der Waals surface area contributed by atoms with E-state index in [0.29, 0.717) is 50.6 Å². The van der Waals surface area contributed by atoms with Crippen LogP contribution in [0.4, 0.5) is 0 Å². The van der Waals surface area contributed by atoms with Gasteiger partial charge in [-0.1, -0.05) is 12.1 Å². The van der Waals surface area contributed by atoms with Crippen molar-refractivity contribution in [2.75, 3.05) is 21.3 Å². The van der Waals surface area contributed by atoms with Crippen molar-refractivity contribution in [2.45, 2.75) is 19.6 Å². The average Bonchev–Trinajstić information content (AvgIpc) is 3.02. The molecule has 0 amide bonds. The Bertz CT molecular complexity index is 1410. The lowest BCUT2D eigenvalue weighted by Gasteiger charge is -2.12. The standard InChI is InChI=1S/C33H30O8/c1-37-28-10-4-25(5-11-28)31(34)19-22-16-23(20-40-32(35)26-6-12-29(38-2)13-7-26)18-24(17-22)21-41-33(36)27-8-14-30(39-3)15-9-27/h4-18H,19-21H2,1-3H3. The molecule has 0 saturated carbocycles. The minimum absolute atomic E-state index is 0.0329. The van der Waals surface area contributed by atoms with Gasteiger partial charge in [0.05, 0.1) is 32.5 Å². The summed E-state index contributed by atoms with van der Waals surface area (Å²) in [6.07, 6.45) is 0.103. The Morgan fingerprint density at radius 3 is 1.20 bits per heavy atom. The largest absolute Gasteiger partial charge is 0.497 e. The molecule has 0 heterocycles. The lowest BCUT2D eigenvalue weighted by molar-refractivity contribution is 0.0471. The van der Waals surface area contributed by atoms with Crippen molar-refractivity contribution >= 4 is 17.7 Å². The minimum Gasteiger partial charge on any atom is -0.497 e. The van der Waals surface area contributed by atoms with E-state index in [0.717, 1.165) is 0 Å². The Balaban J connectivity index is 1.50. The highest BCUT2D eigenvalue weighted by atomic mass is 16.5. The molecule has 0 aromatic heterocycles. The van der Waals surface area contributed by atoms with Crippen molar-refractivity contribution in [3.63, 3.8) is 0 Å². The van der Waals surface area contributed by atoms with Crippen molar-refractivity contribution in [3.05, 3.63) is 124 Å². The van der Waals surface area contributed by atoms with Gasteiger partial charge in [-0.25, -0.2) is 9.59 Å². The molecule has 0 unspecified atom stereocenters. The Labute approximate surface area is 238 Å². The molecule has 210 valence electrons. The number of ether oxygens (including phenoxy) is 5.